The Balaban J connectivity index is 1.85. The summed E-state index contributed by atoms with van der Waals surface area (Å²) in [5.41, 5.74) is 5.63. The predicted molar refractivity (Wildman–Crippen MR) is 128 cm³/mol. The molecule has 4 aromatic heterocycles. The summed E-state index contributed by atoms with van der Waals surface area (Å²) in [5, 5.41) is 11.2. The van der Waals surface area contributed by atoms with Crippen molar-refractivity contribution in [1.82, 2.24) is 24.5 Å². The fraction of sp³-hybridized carbons (Fsp3) is 0.286. The zero-order chi connectivity index (χ0) is 25.5. The minimum absolute atomic E-state index is 0.000145. The van der Waals surface area contributed by atoms with Crippen LogP contribution in [0.5, 0.6) is 0 Å². The lowest BCUT2D eigenvalue weighted by Gasteiger charge is -2.12. The van der Waals surface area contributed by atoms with Crippen LogP contribution in [0, 0.1) is 6.92 Å². The molecular formula is C21H19BrF3N7O2S. The number of amides is 2. The Bertz CT molecular complexity index is 1440. The summed E-state index contributed by atoms with van der Waals surface area (Å²) < 4.78 is 44.9. The number of alkyl halides is 3. The molecule has 0 radical (unpaired) electrons. The number of aromatic nitrogens is 5. The van der Waals surface area contributed by atoms with Crippen molar-refractivity contribution in [3.8, 4) is 11.1 Å². The van der Waals surface area contributed by atoms with E-state index < -0.39 is 23.7 Å². The van der Waals surface area contributed by atoms with Gasteiger partial charge < -0.3 is 11.1 Å². The maximum Gasteiger partial charge on any atom is 0.433 e. The molecule has 0 saturated carbocycles. The predicted octanol–water partition coefficient (Wildman–Crippen LogP) is 4.59. The van der Waals surface area contributed by atoms with Gasteiger partial charge in [0.05, 0.1) is 22.6 Å². The fourth-order valence-electron chi connectivity index (χ4n) is 3.66. The van der Waals surface area contributed by atoms with Crippen molar-refractivity contribution in [3.05, 3.63) is 45.4 Å². The number of hydrogen-bond donors (Lipinski definition) is 2. The van der Waals surface area contributed by atoms with Gasteiger partial charge in [0.15, 0.2) is 0 Å². The van der Waals surface area contributed by atoms with E-state index in [2.05, 4.69) is 36.4 Å². The van der Waals surface area contributed by atoms with Crippen LogP contribution in [0.25, 0.3) is 21.3 Å². The molecule has 4 heterocycles. The number of primary amides is 1. The van der Waals surface area contributed by atoms with Gasteiger partial charge in [-0.2, -0.15) is 23.4 Å². The molecule has 14 heteroatoms. The topological polar surface area (TPSA) is 121 Å². The van der Waals surface area contributed by atoms with Gasteiger partial charge in [-0.05, 0) is 41.4 Å². The first kappa shape index (κ1) is 24.9. The van der Waals surface area contributed by atoms with E-state index in [-0.39, 0.29) is 39.3 Å². The van der Waals surface area contributed by atoms with Gasteiger partial charge in [-0.1, -0.05) is 0 Å². The molecule has 2 amide bonds. The highest BCUT2D eigenvalue weighted by Crippen LogP contribution is 2.44. The van der Waals surface area contributed by atoms with Gasteiger partial charge in [0.25, 0.3) is 5.91 Å². The lowest BCUT2D eigenvalue weighted by Crippen LogP contribution is -2.18. The van der Waals surface area contributed by atoms with Crippen molar-refractivity contribution in [1.29, 1.82) is 0 Å². The van der Waals surface area contributed by atoms with E-state index in [4.69, 9.17) is 5.73 Å². The monoisotopic (exact) mass is 569 g/mol. The van der Waals surface area contributed by atoms with Crippen LogP contribution >= 0.6 is 27.3 Å². The zero-order valence-electron chi connectivity index (χ0n) is 18.5. The largest absolute Gasteiger partial charge is 0.433 e. The standard InChI is InChI=1S/C21H19BrF3N7O2S/c1-3-32-10(2)13(8-28-32)12-6-14(21(23,24)25)29-20-16(12)17(18(35-20)19(26)34)30-15(33)4-5-31-9-11(22)7-27-31/h6-9H,3-5H2,1-2H3,(H2,26,34)(H,30,33). The molecule has 35 heavy (non-hydrogen) atoms. The second-order valence-electron chi connectivity index (χ2n) is 7.58. The Morgan fingerprint density at radius 1 is 1.23 bits per heavy atom. The molecule has 0 aliphatic carbocycles. The lowest BCUT2D eigenvalue weighted by molar-refractivity contribution is -0.140. The summed E-state index contributed by atoms with van der Waals surface area (Å²) in [7, 11) is 0. The van der Waals surface area contributed by atoms with Crippen molar-refractivity contribution in [2.24, 2.45) is 5.73 Å². The Labute approximate surface area is 209 Å². The van der Waals surface area contributed by atoms with Crippen LogP contribution in [0.15, 0.2) is 29.1 Å². The molecule has 0 atom stereocenters. The highest BCUT2D eigenvalue weighted by atomic mass is 79.9. The maximum atomic E-state index is 13.7. The molecule has 0 aliphatic heterocycles. The van der Waals surface area contributed by atoms with Crippen LogP contribution in [-0.4, -0.2) is 36.4 Å². The maximum absolute atomic E-state index is 13.7. The molecule has 3 N–H and O–H groups in total. The number of nitrogens with two attached hydrogens (primary N) is 1. The Kier molecular flexibility index (Phi) is 6.68. The number of carbonyl (C=O) groups is 2. The van der Waals surface area contributed by atoms with E-state index >= 15 is 0 Å². The normalized spacial score (nSPS) is 11.8. The van der Waals surface area contributed by atoms with E-state index in [1.165, 1.54) is 6.20 Å². The van der Waals surface area contributed by atoms with Gasteiger partial charge in [0.1, 0.15) is 15.4 Å². The number of halogens is 4. The Morgan fingerprint density at radius 3 is 2.54 bits per heavy atom. The molecule has 0 fully saturated rings. The van der Waals surface area contributed by atoms with E-state index in [0.29, 0.717) is 29.1 Å². The van der Waals surface area contributed by atoms with Crippen LogP contribution in [0.4, 0.5) is 18.9 Å². The van der Waals surface area contributed by atoms with Crippen molar-refractivity contribution in [2.75, 3.05) is 5.32 Å². The van der Waals surface area contributed by atoms with E-state index in [1.54, 1.807) is 28.7 Å². The Morgan fingerprint density at radius 2 is 1.97 bits per heavy atom. The van der Waals surface area contributed by atoms with Gasteiger partial charge in [-0.3, -0.25) is 19.0 Å². The number of fused-ring (bicyclic) bond motifs is 1. The molecule has 0 aromatic carbocycles. The molecule has 0 saturated heterocycles. The van der Waals surface area contributed by atoms with Crippen molar-refractivity contribution in [3.63, 3.8) is 0 Å². The van der Waals surface area contributed by atoms with Gasteiger partial charge in [-0.25, -0.2) is 4.98 Å². The molecule has 0 spiro atoms. The van der Waals surface area contributed by atoms with Gasteiger partial charge in [0.2, 0.25) is 5.91 Å². The van der Waals surface area contributed by atoms with Crippen molar-refractivity contribution >= 4 is 55.0 Å². The number of aryl methyl sites for hydroxylation is 2. The third kappa shape index (κ3) is 4.93. The molecular weight excluding hydrogens is 551 g/mol. The number of nitrogens with one attached hydrogen (secondary N) is 1. The number of anilines is 1. The highest BCUT2D eigenvalue weighted by Gasteiger charge is 2.35. The summed E-state index contributed by atoms with van der Waals surface area (Å²) in [6.07, 6.45) is -0.00621. The van der Waals surface area contributed by atoms with Gasteiger partial charge in [-0.15, -0.1) is 11.3 Å². The fourth-order valence-corrected chi connectivity index (χ4v) is 4.99. The number of pyridine rings is 1. The van der Waals surface area contributed by atoms with E-state index in [9.17, 15) is 22.8 Å². The van der Waals surface area contributed by atoms with Crippen LogP contribution in [-0.2, 0) is 24.1 Å². The van der Waals surface area contributed by atoms with E-state index in [1.807, 2.05) is 6.92 Å². The number of thiophene rings is 1. The van der Waals surface area contributed by atoms with E-state index in [0.717, 1.165) is 10.5 Å². The average molecular weight is 570 g/mol. The molecule has 0 aliphatic rings. The minimum Gasteiger partial charge on any atom is -0.365 e. The van der Waals surface area contributed by atoms with Crippen LogP contribution in [0.2, 0.25) is 0 Å². The summed E-state index contributed by atoms with van der Waals surface area (Å²) in [5.74, 6) is -1.36. The van der Waals surface area contributed by atoms with Crippen LogP contribution < -0.4 is 11.1 Å². The second-order valence-corrected chi connectivity index (χ2v) is 9.50. The second kappa shape index (κ2) is 9.41. The molecule has 9 nitrogen and oxygen atoms in total. The first-order chi connectivity index (χ1) is 16.5. The van der Waals surface area contributed by atoms with Crippen molar-refractivity contribution < 1.29 is 22.8 Å². The van der Waals surface area contributed by atoms with Crippen LogP contribution in [0.1, 0.15) is 34.4 Å². The first-order valence-electron chi connectivity index (χ1n) is 10.3. The number of nitrogens with zero attached hydrogens (tertiary/aromatic N) is 5. The number of rotatable bonds is 7. The summed E-state index contributed by atoms with van der Waals surface area (Å²) in [4.78, 5) is 28.5. The molecule has 0 unspecified atom stereocenters. The van der Waals surface area contributed by atoms with Gasteiger partial charge >= 0.3 is 6.18 Å². The minimum atomic E-state index is -4.73. The number of hydrogen-bond acceptors (Lipinski definition) is 6. The molecule has 4 aromatic rings. The third-order valence-corrected chi connectivity index (χ3v) is 6.81. The third-order valence-electron chi connectivity index (χ3n) is 5.30. The molecule has 4 rings (SSSR count). The summed E-state index contributed by atoms with van der Waals surface area (Å²) in [6.45, 7) is 4.34. The zero-order valence-corrected chi connectivity index (χ0v) is 20.9. The quantitative estimate of drug-likeness (QED) is 0.337. The highest BCUT2D eigenvalue weighted by molar-refractivity contribution is 9.10. The van der Waals surface area contributed by atoms with Crippen LogP contribution in [0.3, 0.4) is 0 Å². The smallest absolute Gasteiger partial charge is 0.365 e. The SMILES string of the molecule is CCn1ncc(-c2cc(C(F)(F)F)nc3sc(C(N)=O)c(NC(=O)CCn4cc(Br)cn4)c23)c1C. The summed E-state index contributed by atoms with van der Waals surface area (Å²) >= 11 is 3.97. The molecule has 0 bridgehead atoms. The van der Waals surface area contributed by atoms with Gasteiger partial charge in [0, 0.05) is 42.4 Å². The lowest BCUT2D eigenvalue weighted by atomic mass is 10.0. The van der Waals surface area contributed by atoms with Crippen molar-refractivity contribution in [2.45, 2.75) is 39.5 Å². The Hall–Kier alpha value is -3.26. The number of carbonyl (C=O) groups excluding carboxylic acids is 2. The first-order valence-corrected chi connectivity index (χ1v) is 12.0. The molecule has 184 valence electrons. The summed E-state index contributed by atoms with van der Waals surface area (Å²) in [6, 6.07) is 0.904. The average Bonchev–Trinajstić information content (AvgIpc) is 3.48.